The van der Waals surface area contributed by atoms with Crippen LogP contribution in [0.4, 0.5) is 17.1 Å². The normalized spacial score (nSPS) is 17.2. The molecule has 0 unspecified atom stereocenters. The molecule has 0 bridgehead atoms. The van der Waals surface area contributed by atoms with Gasteiger partial charge in [-0.05, 0) is 64.6 Å². The minimum absolute atomic E-state index is 0.0153. The highest BCUT2D eigenvalue weighted by atomic mass is 35.5. The maximum atomic E-state index is 9.45. The number of rotatable bonds is 5. The van der Waals surface area contributed by atoms with Crippen LogP contribution >= 0.6 is 11.6 Å². The maximum absolute atomic E-state index is 9.45. The van der Waals surface area contributed by atoms with Crippen molar-refractivity contribution >= 4 is 61.4 Å². The van der Waals surface area contributed by atoms with E-state index in [0.717, 1.165) is 4.90 Å². The summed E-state index contributed by atoms with van der Waals surface area (Å²) in [4.78, 5) is 0.996. The van der Waals surface area contributed by atoms with Crippen molar-refractivity contribution in [3.63, 3.8) is 0 Å². The molecule has 0 radical (unpaired) electrons. The smallest absolute Gasteiger partial charge is 0.143 e. The molecule has 43 heavy (non-hydrogen) atoms. The van der Waals surface area contributed by atoms with Crippen molar-refractivity contribution in [2.24, 2.45) is 0 Å². The Balaban J connectivity index is 1.56. The average molecular weight is 590 g/mol. The van der Waals surface area contributed by atoms with Crippen molar-refractivity contribution < 1.29 is 29.1 Å². The molecule has 0 aliphatic rings. The molecule has 0 saturated carbocycles. The molecule has 2 nitrogen and oxygen atoms in total. The van der Waals surface area contributed by atoms with Crippen LogP contribution in [0.15, 0.2) is 162 Å². The largest absolute Gasteiger partial charge is 0.455 e. The molecule has 3 heteroatoms. The standard InChI is InChI=1S/C40H26ClNO/c41-36-16-9-17-38-39(36)35-26-37(33-14-7-8-15-34(33)40(35)43-38)42(31-22-18-29(19-23-31)27-10-3-1-4-11-27)32-24-20-30(21-25-32)28-12-5-2-6-13-28/h1-26H/i1D,2D,3D,4D,5D,6D,10D,11D,12D,13D,18D,19D,20D,21D,22D,23D,24D,25D. The van der Waals surface area contributed by atoms with E-state index in [4.69, 9.17) is 29.7 Å². The molecule has 0 atom stereocenters. The highest BCUT2D eigenvalue weighted by Gasteiger charge is 2.21. The van der Waals surface area contributed by atoms with Crippen LogP contribution in [0.2, 0.25) is 5.02 Å². The minimum atomic E-state index is -0.868. The number of anilines is 3. The Morgan fingerprint density at radius 2 is 1.07 bits per heavy atom. The summed E-state index contributed by atoms with van der Waals surface area (Å²) in [6.07, 6.45) is 0. The van der Waals surface area contributed by atoms with E-state index in [1.165, 1.54) is 6.07 Å². The van der Waals surface area contributed by atoms with Gasteiger partial charge < -0.3 is 9.32 Å². The van der Waals surface area contributed by atoms with Gasteiger partial charge in [-0.15, -0.1) is 0 Å². The quantitative estimate of drug-likeness (QED) is 0.198. The van der Waals surface area contributed by atoms with E-state index in [1.54, 1.807) is 42.5 Å². The van der Waals surface area contributed by atoms with Gasteiger partial charge in [0.25, 0.3) is 0 Å². The first-order valence-corrected chi connectivity index (χ1v) is 13.3. The molecule has 0 aliphatic heterocycles. The molecule has 8 aromatic rings. The summed E-state index contributed by atoms with van der Waals surface area (Å²) < 4.78 is 164. The summed E-state index contributed by atoms with van der Waals surface area (Å²) in [5.41, 5.74) is -3.07. The zero-order chi connectivity index (χ0) is 44.4. The van der Waals surface area contributed by atoms with Crippen LogP contribution in [-0.4, -0.2) is 0 Å². The zero-order valence-corrected chi connectivity index (χ0v) is 22.6. The Morgan fingerprint density at radius 3 is 1.65 bits per heavy atom. The van der Waals surface area contributed by atoms with Gasteiger partial charge in [-0.2, -0.15) is 0 Å². The lowest BCUT2D eigenvalue weighted by Crippen LogP contribution is -2.10. The monoisotopic (exact) mass is 589 g/mol. The molecule has 1 aromatic heterocycles. The SMILES string of the molecule is [2H]c1c([2H])c([2H])c(-c2c([2H])c([2H])c(N(c3c([2H])c([2H])c(-c4c([2H])c([2H])c([2H])c([2H])c4[2H])c([2H])c3[2H])c3cc4c(oc5cccc(Cl)c54)c4ccccc34)c([2H])c2[2H])c([2H])c1[2H]. The van der Waals surface area contributed by atoms with Crippen LogP contribution in [0.3, 0.4) is 0 Å². The van der Waals surface area contributed by atoms with Crippen molar-refractivity contribution in [3.8, 4) is 22.3 Å². The summed E-state index contributed by atoms with van der Waals surface area (Å²) in [6, 6.07) is -1.64. The molecule has 204 valence electrons. The summed E-state index contributed by atoms with van der Waals surface area (Å²) in [5, 5.41) is 1.78. The highest BCUT2D eigenvalue weighted by Crippen LogP contribution is 2.46. The second-order valence-corrected chi connectivity index (χ2v) is 9.72. The third-order valence-corrected chi connectivity index (χ3v) is 7.16. The van der Waals surface area contributed by atoms with E-state index in [-0.39, 0.29) is 10.7 Å². The molecule has 7 aromatic carbocycles. The van der Waals surface area contributed by atoms with Gasteiger partial charge in [-0.1, -0.05) is 127 Å². The zero-order valence-electron chi connectivity index (χ0n) is 39.9. The molecule has 0 spiro atoms. The summed E-state index contributed by atoms with van der Waals surface area (Å²) in [5.74, 6) is 0. The van der Waals surface area contributed by atoms with Crippen LogP contribution in [0.5, 0.6) is 0 Å². The summed E-state index contributed by atoms with van der Waals surface area (Å²) in [7, 11) is 0. The molecule has 0 amide bonds. The number of hydrogen-bond donors (Lipinski definition) is 0. The fourth-order valence-electron chi connectivity index (χ4n) is 4.96. The van der Waals surface area contributed by atoms with Crippen LogP contribution in [0.1, 0.15) is 24.7 Å². The first-order chi connectivity index (χ1) is 28.7. The van der Waals surface area contributed by atoms with E-state index in [2.05, 4.69) is 0 Å². The number of halogens is 1. The predicted molar refractivity (Wildman–Crippen MR) is 182 cm³/mol. The van der Waals surface area contributed by atoms with Crippen molar-refractivity contribution in [1.29, 1.82) is 0 Å². The van der Waals surface area contributed by atoms with Crippen LogP contribution in [-0.2, 0) is 0 Å². The van der Waals surface area contributed by atoms with Gasteiger partial charge in [0, 0.05) is 32.9 Å². The van der Waals surface area contributed by atoms with E-state index < -0.39 is 142 Å². The fraction of sp³-hybridized carbons (Fsp3) is 0. The average Bonchev–Trinajstić information content (AvgIpc) is 3.63. The first-order valence-electron chi connectivity index (χ1n) is 21.9. The van der Waals surface area contributed by atoms with Gasteiger partial charge in [-0.25, -0.2) is 0 Å². The maximum Gasteiger partial charge on any atom is 0.143 e. The molecule has 0 saturated heterocycles. The number of hydrogen-bond acceptors (Lipinski definition) is 2. The van der Waals surface area contributed by atoms with Crippen molar-refractivity contribution in [1.82, 2.24) is 0 Å². The molecule has 8 rings (SSSR count). The first kappa shape index (κ1) is 12.9. The fourth-order valence-corrected chi connectivity index (χ4v) is 5.23. The van der Waals surface area contributed by atoms with E-state index >= 15 is 0 Å². The number of benzene rings is 7. The van der Waals surface area contributed by atoms with Crippen LogP contribution in [0.25, 0.3) is 55.0 Å². The highest BCUT2D eigenvalue weighted by molar-refractivity contribution is 6.38. The summed E-state index contributed by atoms with van der Waals surface area (Å²) >= 11 is 6.71. The Hall–Kier alpha value is -5.31. The van der Waals surface area contributed by atoms with E-state index in [9.17, 15) is 11.0 Å². The topological polar surface area (TPSA) is 16.4 Å². The second-order valence-electron chi connectivity index (χ2n) is 9.32. The predicted octanol–water partition coefficient (Wildman–Crippen LogP) is 12.2. The van der Waals surface area contributed by atoms with E-state index in [0.29, 0.717) is 32.7 Å². The van der Waals surface area contributed by atoms with Crippen LogP contribution < -0.4 is 4.90 Å². The Kier molecular flexibility index (Phi) is 3.15. The number of furan rings is 1. The van der Waals surface area contributed by atoms with Gasteiger partial charge in [0.05, 0.1) is 35.4 Å². The van der Waals surface area contributed by atoms with Gasteiger partial charge in [0.1, 0.15) is 11.2 Å². The molecular formula is C40H26ClNO. The van der Waals surface area contributed by atoms with Gasteiger partial charge in [-0.3, -0.25) is 0 Å². The lowest BCUT2D eigenvalue weighted by atomic mass is 10.0. The lowest BCUT2D eigenvalue weighted by molar-refractivity contribution is 0.672. The van der Waals surface area contributed by atoms with Crippen molar-refractivity contribution in [2.75, 3.05) is 4.90 Å². The number of fused-ring (bicyclic) bond motifs is 5. The van der Waals surface area contributed by atoms with E-state index in [1.807, 2.05) is 0 Å². The van der Waals surface area contributed by atoms with Crippen molar-refractivity contribution in [2.45, 2.75) is 0 Å². The van der Waals surface area contributed by atoms with Gasteiger partial charge in [0.2, 0.25) is 0 Å². The van der Waals surface area contributed by atoms with Crippen LogP contribution in [0, 0.1) is 0 Å². The molecule has 1 heterocycles. The Morgan fingerprint density at radius 1 is 0.535 bits per heavy atom. The van der Waals surface area contributed by atoms with Gasteiger partial charge >= 0.3 is 0 Å². The molecule has 0 aliphatic carbocycles. The second kappa shape index (κ2) is 10.5. The minimum Gasteiger partial charge on any atom is -0.455 e. The Labute approximate surface area is 280 Å². The van der Waals surface area contributed by atoms with Crippen molar-refractivity contribution in [3.05, 3.63) is 162 Å². The number of nitrogens with zero attached hydrogens (tertiary/aromatic N) is 1. The van der Waals surface area contributed by atoms with Gasteiger partial charge in [0.15, 0.2) is 0 Å². The third kappa shape index (κ3) is 4.44. The molecule has 0 N–H and O–H groups in total. The third-order valence-electron chi connectivity index (χ3n) is 6.84. The molecular weight excluding hydrogens is 546 g/mol. The summed E-state index contributed by atoms with van der Waals surface area (Å²) in [6.45, 7) is 0. The lowest BCUT2D eigenvalue weighted by Gasteiger charge is -2.27. The Bertz CT molecular complexity index is 3020. The molecule has 0 fully saturated rings.